The number of piperidine rings is 1. The second-order valence-electron chi connectivity index (χ2n) is 9.57. The van der Waals surface area contributed by atoms with E-state index in [0.717, 1.165) is 54.9 Å². The van der Waals surface area contributed by atoms with Crippen LogP contribution < -0.4 is 15.0 Å². The van der Waals surface area contributed by atoms with Crippen LogP contribution in [-0.2, 0) is 12.2 Å². The molecule has 1 aromatic heterocycles. The minimum atomic E-state index is -1.47. The average molecular weight is 499 g/mol. The van der Waals surface area contributed by atoms with E-state index in [2.05, 4.69) is 27.3 Å². The Morgan fingerprint density at radius 3 is 2.66 bits per heavy atom. The first kappa shape index (κ1) is 24.2. The molecule has 5 rings (SSSR count). The van der Waals surface area contributed by atoms with Gasteiger partial charge in [-0.15, -0.1) is 0 Å². The van der Waals surface area contributed by atoms with Gasteiger partial charge in [-0.1, -0.05) is 29.8 Å². The van der Waals surface area contributed by atoms with Crippen LogP contribution in [0.2, 0.25) is 5.02 Å². The third-order valence-corrected chi connectivity index (χ3v) is 7.62. The van der Waals surface area contributed by atoms with E-state index in [1.807, 2.05) is 24.3 Å². The maximum Gasteiger partial charge on any atom is 0.170 e. The number of aliphatic hydroxyl groups is 1. The Hall–Kier alpha value is -2.48. The van der Waals surface area contributed by atoms with Crippen molar-refractivity contribution in [1.29, 1.82) is 0 Å². The smallest absolute Gasteiger partial charge is 0.170 e. The Labute approximate surface area is 210 Å². The van der Waals surface area contributed by atoms with Gasteiger partial charge in [0.1, 0.15) is 11.6 Å². The van der Waals surface area contributed by atoms with Crippen LogP contribution in [0.15, 0.2) is 36.4 Å². The number of anilines is 1. The van der Waals surface area contributed by atoms with E-state index in [9.17, 15) is 0 Å². The predicted molar refractivity (Wildman–Crippen MR) is 137 cm³/mol. The van der Waals surface area contributed by atoms with Crippen molar-refractivity contribution >= 4 is 28.3 Å². The molecule has 2 N–H and O–H groups in total. The maximum absolute atomic E-state index is 15.5. The molecule has 3 aromatic rings. The zero-order chi connectivity index (χ0) is 24.4. The van der Waals surface area contributed by atoms with Crippen LogP contribution in [0.5, 0.6) is 5.75 Å². The normalized spacial score (nSPS) is 18.0. The summed E-state index contributed by atoms with van der Waals surface area (Å²) in [6.07, 6.45) is 3.66. The third-order valence-electron chi connectivity index (χ3n) is 7.33. The first-order valence-corrected chi connectivity index (χ1v) is 12.8. The topological polar surface area (TPSA) is 70.5 Å². The van der Waals surface area contributed by atoms with Crippen molar-refractivity contribution in [3.63, 3.8) is 0 Å². The molecule has 1 aliphatic carbocycles. The SMILES string of the molecule is COc1ccccc1C1CCN(c2nc(C3(F)CCC3)nc3c(Cl)cc(CNCCO)cc23)CC1. The molecule has 35 heavy (non-hydrogen) atoms. The van der Waals surface area contributed by atoms with Crippen LogP contribution in [0.1, 0.15) is 55.0 Å². The Morgan fingerprint density at radius 1 is 1.20 bits per heavy atom. The quantitative estimate of drug-likeness (QED) is 0.421. The summed E-state index contributed by atoms with van der Waals surface area (Å²) in [4.78, 5) is 11.7. The highest BCUT2D eigenvalue weighted by molar-refractivity contribution is 6.35. The molecule has 2 heterocycles. The summed E-state index contributed by atoms with van der Waals surface area (Å²) >= 11 is 6.68. The van der Waals surface area contributed by atoms with Crippen molar-refractivity contribution in [1.82, 2.24) is 15.3 Å². The Kier molecular flexibility index (Phi) is 7.09. The molecule has 1 saturated heterocycles. The fourth-order valence-electron chi connectivity index (χ4n) is 5.20. The molecule has 0 bridgehead atoms. The van der Waals surface area contributed by atoms with Crippen LogP contribution >= 0.6 is 11.6 Å². The Bertz CT molecular complexity index is 1200. The number of nitrogens with one attached hydrogen (secondary N) is 1. The first-order valence-electron chi connectivity index (χ1n) is 12.4. The van der Waals surface area contributed by atoms with E-state index in [-0.39, 0.29) is 12.4 Å². The number of para-hydroxylation sites is 1. The standard InChI is InChI=1S/C27H32ClFN4O2/c1-35-23-6-3-2-5-20(23)19-7-12-33(13-8-19)25-21-15-18(17-30-11-14-34)16-22(28)24(21)31-26(32-25)27(29)9-4-10-27/h2-3,5-6,15-16,19,30,34H,4,7-14,17H2,1H3. The van der Waals surface area contributed by atoms with Gasteiger partial charge < -0.3 is 20.1 Å². The minimum absolute atomic E-state index is 0.0682. The lowest BCUT2D eigenvalue weighted by molar-refractivity contribution is 0.0512. The van der Waals surface area contributed by atoms with E-state index in [1.54, 1.807) is 7.11 Å². The molecule has 0 atom stereocenters. The number of benzene rings is 2. The molecule has 186 valence electrons. The molecule has 2 aliphatic rings. The molecular weight excluding hydrogens is 467 g/mol. The van der Waals surface area contributed by atoms with E-state index in [4.69, 9.17) is 26.4 Å². The molecule has 2 fully saturated rings. The highest BCUT2D eigenvalue weighted by Crippen LogP contribution is 2.45. The summed E-state index contributed by atoms with van der Waals surface area (Å²) < 4.78 is 21.1. The molecule has 6 nitrogen and oxygen atoms in total. The largest absolute Gasteiger partial charge is 0.496 e. The number of ether oxygens (including phenoxy) is 1. The lowest BCUT2D eigenvalue weighted by atomic mass is 9.81. The van der Waals surface area contributed by atoms with E-state index in [1.165, 1.54) is 5.56 Å². The van der Waals surface area contributed by atoms with Gasteiger partial charge in [0.25, 0.3) is 0 Å². The Balaban J connectivity index is 1.49. The first-order chi connectivity index (χ1) is 17.0. The van der Waals surface area contributed by atoms with Crippen LogP contribution in [0, 0.1) is 0 Å². The van der Waals surface area contributed by atoms with Gasteiger partial charge in [0.2, 0.25) is 0 Å². The van der Waals surface area contributed by atoms with Gasteiger partial charge in [0, 0.05) is 31.6 Å². The number of nitrogens with zero attached hydrogens (tertiary/aromatic N) is 3. The summed E-state index contributed by atoms with van der Waals surface area (Å²) in [5.74, 6) is 2.34. The van der Waals surface area contributed by atoms with E-state index >= 15 is 4.39 Å². The average Bonchev–Trinajstić information content (AvgIpc) is 2.87. The monoisotopic (exact) mass is 498 g/mol. The lowest BCUT2D eigenvalue weighted by Crippen LogP contribution is -2.36. The third kappa shape index (κ3) is 4.82. The number of rotatable bonds is 8. The van der Waals surface area contributed by atoms with Gasteiger partial charge in [-0.2, -0.15) is 0 Å². The van der Waals surface area contributed by atoms with Gasteiger partial charge in [-0.25, -0.2) is 14.4 Å². The highest BCUT2D eigenvalue weighted by atomic mass is 35.5. The van der Waals surface area contributed by atoms with Crippen molar-refractivity contribution < 1.29 is 14.2 Å². The fraction of sp³-hybridized carbons (Fsp3) is 0.481. The van der Waals surface area contributed by atoms with Gasteiger partial charge in [-0.3, -0.25) is 0 Å². The summed E-state index contributed by atoms with van der Waals surface area (Å²) in [7, 11) is 1.71. The molecule has 1 aliphatic heterocycles. The van der Waals surface area contributed by atoms with Crippen LogP contribution in [0.4, 0.5) is 10.2 Å². The number of aliphatic hydroxyl groups excluding tert-OH is 1. The number of halogens is 2. The van der Waals surface area contributed by atoms with Crippen molar-refractivity contribution in [3.05, 3.63) is 58.4 Å². The van der Waals surface area contributed by atoms with Gasteiger partial charge in [0.15, 0.2) is 11.5 Å². The molecule has 0 amide bonds. The number of methoxy groups -OCH3 is 1. The van der Waals surface area contributed by atoms with E-state index < -0.39 is 5.67 Å². The van der Waals surface area contributed by atoms with Crippen LogP contribution in [0.3, 0.4) is 0 Å². The van der Waals surface area contributed by atoms with E-state index in [0.29, 0.717) is 42.4 Å². The maximum atomic E-state index is 15.5. The second kappa shape index (κ2) is 10.2. The van der Waals surface area contributed by atoms with Crippen molar-refractivity contribution in [2.45, 2.75) is 50.2 Å². The summed E-state index contributed by atoms with van der Waals surface area (Å²) in [5.41, 5.74) is 1.35. The lowest BCUT2D eigenvalue weighted by Gasteiger charge is -2.36. The molecular formula is C27H32ClFN4O2. The number of fused-ring (bicyclic) bond motifs is 1. The molecule has 0 unspecified atom stereocenters. The Morgan fingerprint density at radius 2 is 1.97 bits per heavy atom. The van der Waals surface area contributed by atoms with Crippen LogP contribution in [0.25, 0.3) is 10.9 Å². The highest BCUT2D eigenvalue weighted by Gasteiger charge is 2.42. The van der Waals surface area contributed by atoms with Crippen molar-refractivity contribution in [2.24, 2.45) is 0 Å². The zero-order valence-electron chi connectivity index (χ0n) is 20.1. The zero-order valence-corrected chi connectivity index (χ0v) is 20.8. The summed E-state index contributed by atoms with van der Waals surface area (Å²) in [6.45, 7) is 2.74. The summed E-state index contributed by atoms with van der Waals surface area (Å²) in [6, 6.07) is 12.1. The van der Waals surface area contributed by atoms with Crippen molar-refractivity contribution in [3.8, 4) is 5.75 Å². The number of hydrogen-bond acceptors (Lipinski definition) is 6. The molecule has 1 saturated carbocycles. The van der Waals surface area contributed by atoms with Gasteiger partial charge in [0.05, 0.1) is 24.3 Å². The predicted octanol–water partition coefficient (Wildman–Crippen LogP) is 5.11. The molecule has 2 aromatic carbocycles. The molecule has 0 radical (unpaired) electrons. The van der Waals surface area contributed by atoms with Gasteiger partial charge in [-0.05, 0) is 67.3 Å². The second-order valence-corrected chi connectivity index (χ2v) is 9.97. The minimum Gasteiger partial charge on any atom is -0.496 e. The fourth-order valence-corrected chi connectivity index (χ4v) is 5.49. The summed E-state index contributed by atoms with van der Waals surface area (Å²) in [5, 5.41) is 13.6. The molecule has 0 spiro atoms. The number of hydrogen-bond donors (Lipinski definition) is 2. The number of aromatic nitrogens is 2. The molecule has 8 heteroatoms. The van der Waals surface area contributed by atoms with Crippen molar-refractivity contribution in [2.75, 3.05) is 38.3 Å². The number of alkyl halides is 1. The van der Waals surface area contributed by atoms with Gasteiger partial charge >= 0.3 is 0 Å². The van der Waals surface area contributed by atoms with Crippen LogP contribution in [-0.4, -0.2) is 48.4 Å².